The molecule has 1 unspecified atom stereocenters. The van der Waals surface area contributed by atoms with Crippen LogP contribution in [0.4, 0.5) is 4.79 Å². The Morgan fingerprint density at radius 1 is 1.35 bits per heavy atom. The highest BCUT2D eigenvalue weighted by atomic mass is 16.6. The largest absolute Gasteiger partial charge is 0.508 e. The predicted octanol–water partition coefficient (Wildman–Crippen LogP) is 1.86. The van der Waals surface area contributed by atoms with E-state index >= 15 is 0 Å². The molecule has 2 heterocycles. The van der Waals surface area contributed by atoms with Gasteiger partial charge in [0.2, 0.25) is 0 Å². The summed E-state index contributed by atoms with van der Waals surface area (Å²) in [4.78, 5) is 13.8. The zero-order chi connectivity index (χ0) is 14.0. The number of carbonyl (C=O) groups excluding carboxylic acids is 1. The number of hydrogen-bond donors (Lipinski definition) is 2. The molecule has 0 aliphatic carbocycles. The van der Waals surface area contributed by atoms with E-state index in [0.29, 0.717) is 13.1 Å². The van der Waals surface area contributed by atoms with Crippen molar-refractivity contribution < 1.29 is 14.6 Å². The molecule has 1 amide bonds. The molecule has 1 spiro atoms. The lowest BCUT2D eigenvalue weighted by molar-refractivity contribution is 0.0469. The molecule has 20 heavy (non-hydrogen) atoms. The lowest BCUT2D eigenvalue weighted by atomic mass is 9.95. The monoisotopic (exact) mass is 276 g/mol. The van der Waals surface area contributed by atoms with E-state index in [9.17, 15) is 9.90 Å². The van der Waals surface area contributed by atoms with Crippen LogP contribution < -0.4 is 5.32 Å². The van der Waals surface area contributed by atoms with Gasteiger partial charge in [0.25, 0.3) is 0 Å². The second-order valence-corrected chi connectivity index (χ2v) is 5.68. The fourth-order valence-electron chi connectivity index (χ4n) is 3.05. The maximum absolute atomic E-state index is 12.1. The van der Waals surface area contributed by atoms with E-state index in [1.165, 1.54) is 0 Å². The molecule has 1 atom stereocenters. The number of nitrogens with one attached hydrogen (secondary N) is 1. The Hall–Kier alpha value is -1.75. The number of phenolic OH excluding ortho intramolecular Hbond substituents is 1. The molecule has 5 nitrogen and oxygen atoms in total. The van der Waals surface area contributed by atoms with Crippen LogP contribution in [0.2, 0.25) is 0 Å². The number of ether oxygens (including phenoxy) is 1. The van der Waals surface area contributed by atoms with Crippen molar-refractivity contribution in [3.8, 4) is 5.75 Å². The van der Waals surface area contributed by atoms with Gasteiger partial charge in [0, 0.05) is 13.0 Å². The van der Waals surface area contributed by atoms with Crippen LogP contribution in [0.25, 0.3) is 0 Å². The first kappa shape index (κ1) is 13.2. The third-order valence-electron chi connectivity index (χ3n) is 4.07. The van der Waals surface area contributed by atoms with Crippen LogP contribution >= 0.6 is 0 Å². The Balaban J connectivity index is 1.70. The van der Waals surface area contributed by atoms with Gasteiger partial charge in [-0.25, -0.2) is 4.79 Å². The minimum absolute atomic E-state index is 0.225. The molecule has 2 aliphatic rings. The van der Waals surface area contributed by atoms with E-state index in [-0.39, 0.29) is 17.4 Å². The second kappa shape index (κ2) is 5.32. The second-order valence-electron chi connectivity index (χ2n) is 5.68. The van der Waals surface area contributed by atoms with Gasteiger partial charge in [-0.3, -0.25) is 4.90 Å². The smallest absolute Gasteiger partial charge is 0.410 e. The highest BCUT2D eigenvalue weighted by molar-refractivity contribution is 5.70. The molecule has 2 N–H and O–H groups in total. The van der Waals surface area contributed by atoms with Crippen molar-refractivity contribution in [2.45, 2.75) is 31.4 Å². The Labute approximate surface area is 118 Å². The van der Waals surface area contributed by atoms with E-state index in [1.54, 1.807) is 23.1 Å². The van der Waals surface area contributed by atoms with Crippen LogP contribution in [0.3, 0.4) is 0 Å². The maximum atomic E-state index is 12.1. The number of nitrogens with zero attached hydrogens (tertiary/aromatic N) is 1. The van der Waals surface area contributed by atoms with Crippen molar-refractivity contribution in [1.29, 1.82) is 0 Å². The lowest BCUT2D eigenvalue weighted by Crippen LogP contribution is -2.35. The molecule has 0 radical (unpaired) electrons. The molecule has 2 saturated heterocycles. The third kappa shape index (κ3) is 2.72. The van der Waals surface area contributed by atoms with Crippen molar-refractivity contribution in [3.05, 3.63) is 29.8 Å². The average molecular weight is 276 g/mol. The van der Waals surface area contributed by atoms with E-state index < -0.39 is 0 Å². The first-order chi connectivity index (χ1) is 9.67. The Kier molecular flexibility index (Phi) is 3.53. The molecule has 0 bridgehead atoms. The van der Waals surface area contributed by atoms with Gasteiger partial charge in [0.15, 0.2) is 0 Å². The standard InChI is InChI=1S/C15H20N2O3/c18-13-4-1-3-12(9-13)10-17-11-15(20-14(17)19)5-2-7-16-8-6-15/h1,3-4,9,16,18H,2,5-8,10-11H2. The molecule has 2 fully saturated rings. The normalized spacial score (nSPS) is 26.6. The zero-order valence-corrected chi connectivity index (χ0v) is 11.5. The van der Waals surface area contributed by atoms with E-state index in [2.05, 4.69) is 5.32 Å². The van der Waals surface area contributed by atoms with Gasteiger partial charge in [0.05, 0.1) is 6.54 Å². The summed E-state index contributed by atoms with van der Waals surface area (Å²) in [5.41, 5.74) is 0.600. The van der Waals surface area contributed by atoms with Crippen molar-refractivity contribution in [3.63, 3.8) is 0 Å². The highest BCUT2D eigenvalue weighted by Crippen LogP contribution is 2.32. The SMILES string of the molecule is O=C1OC2(CCCNCC2)CN1Cc1cccc(O)c1. The van der Waals surface area contributed by atoms with Crippen LogP contribution in [-0.4, -0.2) is 41.3 Å². The van der Waals surface area contributed by atoms with Crippen LogP contribution in [-0.2, 0) is 11.3 Å². The summed E-state index contributed by atoms with van der Waals surface area (Å²) in [6.07, 6.45) is 2.58. The summed E-state index contributed by atoms with van der Waals surface area (Å²) in [5.74, 6) is 0.225. The molecule has 1 aromatic rings. The Morgan fingerprint density at radius 2 is 2.25 bits per heavy atom. The number of aromatic hydroxyl groups is 1. The molecule has 108 valence electrons. The first-order valence-electron chi connectivity index (χ1n) is 7.13. The number of amides is 1. The van der Waals surface area contributed by atoms with Crippen LogP contribution in [0.5, 0.6) is 5.75 Å². The summed E-state index contributed by atoms with van der Waals surface area (Å²) >= 11 is 0. The summed E-state index contributed by atoms with van der Waals surface area (Å²) in [6, 6.07) is 7.02. The van der Waals surface area contributed by atoms with Crippen molar-refractivity contribution in [2.75, 3.05) is 19.6 Å². The van der Waals surface area contributed by atoms with Crippen molar-refractivity contribution in [1.82, 2.24) is 10.2 Å². The molecule has 0 saturated carbocycles. The van der Waals surface area contributed by atoms with Gasteiger partial charge in [-0.15, -0.1) is 0 Å². The van der Waals surface area contributed by atoms with Crippen LogP contribution in [0, 0.1) is 0 Å². The van der Waals surface area contributed by atoms with Crippen molar-refractivity contribution in [2.24, 2.45) is 0 Å². The third-order valence-corrected chi connectivity index (χ3v) is 4.07. The van der Waals surface area contributed by atoms with Gasteiger partial charge in [-0.05, 0) is 43.6 Å². The zero-order valence-electron chi connectivity index (χ0n) is 11.5. The summed E-state index contributed by atoms with van der Waals surface area (Å²) < 4.78 is 5.67. The molecule has 0 aromatic heterocycles. The van der Waals surface area contributed by atoms with Crippen LogP contribution in [0.1, 0.15) is 24.8 Å². The minimum Gasteiger partial charge on any atom is -0.508 e. The van der Waals surface area contributed by atoms with E-state index in [1.807, 2.05) is 6.07 Å². The molecule has 5 heteroatoms. The highest BCUT2D eigenvalue weighted by Gasteiger charge is 2.44. The van der Waals surface area contributed by atoms with Gasteiger partial charge in [-0.2, -0.15) is 0 Å². The van der Waals surface area contributed by atoms with E-state index in [0.717, 1.165) is 37.9 Å². The molecular weight excluding hydrogens is 256 g/mol. The molecular formula is C15H20N2O3. The minimum atomic E-state index is -0.322. The topological polar surface area (TPSA) is 61.8 Å². The maximum Gasteiger partial charge on any atom is 0.410 e. The summed E-state index contributed by atoms with van der Waals surface area (Å²) in [6.45, 7) is 3.02. The van der Waals surface area contributed by atoms with Crippen molar-refractivity contribution >= 4 is 6.09 Å². The average Bonchev–Trinajstić information content (AvgIpc) is 2.59. The van der Waals surface area contributed by atoms with Gasteiger partial charge < -0.3 is 15.2 Å². The van der Waals surface area contributed by atoms with Gasteiger partial charge in [0.1, 0.15) is 11.4 Å². The molecule has 1 aromatic carbocycles. The number of hydrogen-bond acceptors (Lipinski definition) is 4. The summed E-state index contributed by atoms with van der Waals surface area (Å²) in [7, 11) is 0. The van der Waals surface area contributed by atoms with E-state index in [4.69, 9.17) is 4.74 Å². The summed E-state index contributed by atoms with van der Waals surface area (Å²) in [5, 5.41) is 12.8. The fourth-order valence-corrected chi connectivity index (χ4v) is 3.05. The fraction of sp³-hybridized carbons (Fsp3) is 0.533. The van der Waals surface area contributed by atoms with Gasteiger partial charge in [-0.1, -0.05) is 12.1 Å². The Morgan fingerprint density at radius 3 is 3.10 bits per heavy atom. The number of benzene rings is 1. The molecule has 2 aliphatic heterocycles. The number of phenols is 1. The quantitative estimate of drug-likeness (QED) is 0.865. The van der Waals surface area contributed by atoms with Gasteiger partial charge >= 0.3 is 6.09 Å². The predicted molar refractivity (Wildman–Crippen MR) is 74.4 cm³/mol. The lowest BCUT2D eigenvalue weighted by Gasteiger charge is -2.24. The number of rotatable bonds is 2. The molecule has 3 rings (SSSR count). The number of carbonyl (C=O) groups is 1. The first-order valence-corrected chi connectivity index (χ1v) is 7.13. The Bertz CT molecular complexity index is 496. The van der Waals surface area contributed by atoms with Crippen LogP contribution in [0.15, 0.2) is 24.3 Å².